The molecule has 6 nitrogen and oxygen atoms in total. The zero-order valence-electron chi connectivity index (χ0n) is 11.2. The van der Waals surface area contributed by atoms with Crippen LogP contribution in [-0.4, -0.2) is 48.8 Å². The molecule has 20 heavy (non-hydrogen) atoms. The molecule has 1 fully saturated rings. The SMILES string of the molecule is Cc1[nH]c(=O)c(C(=O)N2CCS(=O)(=O)CC2)c(C)c1Cl. The number of aryl methyl sites for hydroxylation is 1. The van der Waals surface area contributed by atoms with Crippen LogP contribution in [0.4, 0.5) is 0 Å². The molecule has 1 amide bonds. The number of amides is 1. The Kier molecular flexibility index (Phi) is 3.93. The summed E-state index contributed by atoms with van der Waals surface area (Å²) in [4.78, 5) is 28.2. The molecule has 110 valence electrons. The van der Waals surface area contributed by atoms with Gasteiger partial charge in [0.2, 0.25) is 0 Å². The van der Waals surface area contributed by atoms with E-state index in [-0.39, 0.29) is 30.2 Å². The van der Waals surface area contributed by atoms with Crippen LogP contribution in [0.2, 0.25) is 5.02 Å². The van der Waals surface area contributed by atoms with Gasteiger partial charge >= 0.3 is 0 Å². The largest absolute Gasteiger partial charge is 0.336 e. The number of pyridine rings is 1. The van der Waals surface area contributed by atoms with Crippen LogP contribution in [0.25, 0.3) is 0 Å². The van der Waals surface area contributed by atoms with E-state index < -0.39 is 21.3 Å². The van der Waals surface area contributed by atoms with Gasteiger partial charge in [0.25, 0.3) is 11.5 Å². The lowest BCUT2D eigenvalue weighted by Crippen LogP contribution is -2.45. The molecule has 0 bridgehead atoms. The van der Waals surface area contributed by atoms with E-state index in [2.05, 4.69) is 4.98 Å². The van der Waals surface area contributed by atoms with E-state index in [1.807, 2.05) is 0 Å². The Morgan fingerprint density at radius 3 is 2.35 bits per heavy atom. The van der Waals surface area contributed by atoms with Crippen molar-refractivity contribution in [3.8, 4) is 0 Å². The lowest BCUT2D eigenvalue weighted by molar-refractivity contribution is 0.0767. The van der Waals surface area contributed by atoms with Crippen LogP contribution in [-0.2, 0) is 9.84 Å². The second-order valence-corrected chi connectivity index (χ2v) is 7.52. The minimum absolute atomic E-state index is 0.0140. The third-order valence-electron chi connectivity index (χ3n) is 3.41. The van der Waals surface area contributed by atoms with Gasteiger partial charge in [-0.25, -0.2) is 8.42 Å². The molecule has 0 spiro atoms. The van der Waals surface area contributed by atoms with E-state index in [0.29, 0.717) is 16.3 Å². The van der Waals surface area contributed by atoms with Crippen molar-refractivity contribution in [2.24, 2.45) is 0 Å². The summed E-state index contributed by atoms with van der Waals surface area (Å²) in [5, 5.41) is 0.345. The molecule has 0 unspecified atom stereocenters. The number of hydrogen-bond donors (Lipinski definition) is 1. The first-order valence-electron chi connectivity index (χ1n) is 6.11. The van der Waals surface area contributed by atoms with Crippen molar-refractivity contribution in [1.29, 1.82) is 0 Å². The zero-order valence-corrected chi connectivity index (χ0v) is 12.8. The third kappa shape index (κ3) is 2.73. The van der Waals surface area contributed by atoms with Crippen molar-refractivity contribution >= 4 is 27.3 Å². The summed E-state index contributed by atoms with van der Waals surface area (Å²) in [6, 6.07) is 0. The van der Waals surface area contributed by atoms with Gasteiger partial charge in [-0.3, -0.25) is 9.59 Å². The van der Waals surface area contributed by atoms with Gasteiger partial charge in [-0.2, -0.15) is 0 Å². The van der Waals surface area contributed by atoms with Crippen molar-refractivity contribution in [2.45, 2.75) is 13.8 Å². The first-order chi connectivity index (χ1) is 9.23. The summed E-state index contributed by atoms with van der Waals surface area (Å²) >= 11 is 6.05. The summed E-state index contributed by atoms with van der Waals surface area (Å²) in [5.74, 6) is -0.620. The molecular formula is C12H15ClN2O4S. The fourth-order valence-electron chi connectivity index (χ4n) is 2.18. The maximum Gasteiger partial charge on any atom is 0.261 e. The van der Waals surface area contributed by atoms with Crippen LogP contribution in [0.15, 0.2) is 4.79 Å². The number of hydrogen-bond acceptors (Lipinski definition) is 4. The van der Waals surface area contributed by atoms with Gasteiger partial charge in [0.1, 0.15) is 5.56 Å². The summed E-state index contributed by atoms with van der Waals surface area (Å²) in [6.45, 7) is 3.47. The number of rotatable bonds is 1. The van der Waals surface area contributed by atoms with E-state index in [4.69, 9.17) is 11.6 Å². The van der Waals surface area contributed by atoms with Gasteiger partial charge < -0.3 is 9.88 Å². The molecule has 0 radical (unpaired) electrons. The second kappa shape index (κ2) is 5.21. The fourth-order valence-corrected chi connectivity index (χ4v) is 3.52. The van der Waals surface area contributed by atoms with Crippen LogP contribution >= 0.6 is 11.6 Å². The Labute approximate surface area is 121 Å². The predicted molar refractivity (Wildman–Crippen MR) is 76.1 cm³/mol. The highest BCUT2D eigenvalue weighted by atomic mass is 35.5. The summed E-state index contributed by atoms with van der Waals surface area (Å²) in [6.07, 6.45) is 0. The number of halogens is 1. The van der Waals surface area contributed by atoms with Crippen molar-refractivity contribution in [3.63, 3.8) is 0 Å². The normalized spacial score (nSPS) is 18.1. The standard InChI is InChI=1S/C12H15ClN2O4S/c1-7-9(11(16)14-8(2)10(7)13)12(17)15-3-5-20(18,19)6-4-15/h3-6H2,1-2H3,(H,14,16). The number of carbonyl (C=O) groups is 1. The molecule has 2 rings (SSSR count). The van der Waals surface area contributed by atoms with Crippen LogP contribution in [0.1, 0.15) is 21.6 Å². The van der Waals surface area contributed by atoms with Gasteiger partial charge in [-0.05, 0) is 19.4 Å². The van der Waals surface area contributed by atoms with Crippen molar-refractivity contribution < 1.29 is 13.2 Å². The van der Waals surface area contributed by atoms with Gasteiger partial charge in [0.15, 0.2) is 9.84 Å². The summed E-state index contributed by atoms with van der Waals surface area (Å²) < 4.78 is 22.7. The molecule has 1 N–H and O–H groups in total. The summed E-state index contributed by atoms with van der Waals surface area (Å²) in [5.41, 5.74) is 0.418. The highest BCUT2D eigenvalue weighted by Crippen LogP contribution is 2.20. The Morgan fingerprint density at radius 1 is 1.25 bits per heavy atom. The monoisotopic (exact) mass is 318 g/mol. The van der Waals surface area contributed by atoms with Crippen LogP contribution in [0.3, 0.4) is 0 Å². The average molecular weight is 319 g/mol. The number of aromatic amines is 1. The van der Waals surface area contributed by atoms with E-state index >= 15 is 0 Å². The highest BCUT2D eigenvalue weighted by Gasteiger charge is 2.28. The van der Waals surface area contributed by atoms with Gasteiger partial charge in [-0.15, -0.1) is 0 Å². The van der Waals surface area contributed by atoms with Gasteiger partial charge in [0, 0.05) is 18.8 Å². The molecule has 1 aliphatic rings. The molecule has 2 heterocycles. The number of nitrogens with one attached hydrogen (secondary N) is 1. The lowest BCUT2D eigenvalue weighted by atomic mass is 10.1. The van der Waals surface area contributed by atoms with Crippen LogP contribution < -0.4 is 5.56 Å². The fraction of sp³-hybridized carbons (Fsp3) is 0.500. The first kappa shape index (κ1) is 15.1. The molecule has 0 aliphatic carbocycles. The topological polar surface area (TPSA) is 87.3 Å². The molecule has 1 aliphatic heterocycles. The van der Waals surface area contributed by atoms with E-state index in [0.717, 1.165) is 0 Å². The lowest BCUT2D eigenvalue weighted by Gasteiger charge is -2.27. The molecule has 0 aromatic carbocycles. The number of sulfone groups is 1. The Morgan fingerprint density at radius 2 is 1.80 bits per heavy atom. The zero-order chi connectivity index (χ0) is 15.1. The Bertz CT molecular complexity index is 710. The van der Waals surface area contributed by atoms with Crippen molar-refractivity contribution in [3.05, 3.63) is 32.2 Å². The average Bonchev–Trinajstić information content (AvgIpc) is 2.36. The van der Waals surface area contributed by atoms with E-state index in [9.17, 15) is 18.0 Å². The Hall–Kier alpha value is -1.34. The number of carbonyl (C=O) groups excluding carboxylic acids is 1. The number of aromatic nitrogens is 1. The number of nitrogens with zero attached hydrogens (tertiary/aromatic N) is 1. The van der Waals surface area contributed by atoms with E-state index in [1.54, 1.807) is 13.8 Å². The molecule has 0 atom stereocenters. The predicted octanol–water partition coefficient (Wildman–Crippen LogP) is 0.516. The summed E-state index contributed by atoms with van der Waals surface area (Å²) in [7, 11) is -3.07. The van der Waals surface area contributed by atoms with Crippen LogP contribution in [0, 0.1) is 13.8 Å². The minimum Gasteiger partial charge on any atom is -0.336 e. The number of H-pyrrole nitrogens is 1. The minimum atomic E-state index is -3.07. The first-order valence-corrected chi connectivity index (χ1v) is 8.31. The van der Waals surface area contributed by atoms with Gasteiger partial charge in [0.05, 0.1) is 16.5 Å². The second-order valence-electron chi connectivity index (χ2n) is 4.84. The highest BCUT2D eigenvalue weighted by molar-refractivity contribution is 7.91. The van der Waals surface area contributed by atoms with Crippen molar-refractivity contribution in [2.75, 3.05) is 24.6 Å². The molecule has 1 saturated heterocycles. The maximum atomic E-state index is 12.4. The van der Waals surface area contributed by atoms with Crippen LogP contribution in [0.5, 0.6) is 0 Å². The molecule has 1 aromatic rings. The molecule has 0 saturated carbocycles. The molecular weight excluding hydrogens is 304 g/mol. The van der Waals surface area contributed by atoms with E-state index in [1.165, 1.54) is 4.90 Å². The smallest absolute Gasteiger partial charge is 0.261 e. The maximum absolute atomic E-state index is 12.4. The quantitative estimate of drug-likeness (QED) is 0.817. The van der Waals surface area contributed by atoms with Gasteiger partial charge in [-0.1, -0.05) is 11.6 Å². The molecule has 8 heteroatoms. The Balaban J connectivity index is 2.36. The van der Waals surface area contributed by atoms with Crippen molar-refractivity contribution in [1.82, 2.24) is 9.88 Å². The molecule has 1 aromatic heterocycles. The third-order valence-corrected chi connectivity index (χ3v) is 5.58.